The first-order valence-corrected chi connectivity index (χ1v) is 2.70. The summed E-state index contributed by atoms with van der Waals surface area (Å²) in [4.78, 5) is 0. The van der Waals surface area contributed by atoms with Crippen molar-refractivity contribution >= 4 is 0 Å². The molecule has 9 heavy (non-hydrogen) atoms. The number of hydrogen-bond acceptors (Lipinski definition) is 4. The second-order valence-electron chi connectivity index (χ2n) is 1.39. The maximum absolute atomic E-state index is 4.99. The molecule has 4 heteroatoms. The summed E-state index contributed by atoms with van der Waals surface area (Å²) in [5.41, 5.74) is 0. The lowest BCUT2D eigenvalue weighted by molar-refractivity contribution is 0.320. The lowest BCUT2D eigenvalue weighted by Crippen LogP contribution is -1.95. The Balaban J connectivity index is 2.61. The highest BCUT2D eigenvalue weighted by molar-refractivity contribution is 5.01. The highest BCUT2D eigenvalue weighted by Crippen LogP contribution is 1.98. The van der Waals surface area contributed by atoms with E-state index < -0.39 is 0 Å². The van der Waals surface area contributed by atoms with E-state index in [1.807, 2.05) is 6.92 Å². The van der Waals surface area contributed by atoms with Gasteiger partial charge in [-0.3, -0.25) is 0 Å². The SMILES string of the molecule is CCOc1ccnnn1. The Hall–Kier alpha value is -1.19. The Morgan fingerprint density at radius 2 is 2.56 bits per heavy atom. The summed E-state index contributed by atoms with van der Waals surface area (Å²) in [6.45, 7) is 2.50. The summed E-state index contributed by atoms with van der Waals surface area (Å²) in [5.74, 6) is 0.521. The lowest BCUT2D eigenvalue weighted by atomic mass is 10.7. The van der Waals surface area contributed by atoms with Crippen molar-refractivity contribution < 1.29 is 4.74 Å². The summed E-state index contributed by atoms with van der Waals surface area (Å²) in [6, 6.07) is 1.66. The van der Waals surface area contributed by atoms with E-state index in [0.717, 1.165) is 0 Å². The average Bonchev–Trinajstić information content (AvgIpc) is 1.91. The van der Waals surface area contributed by atoms with E-state index in [4.69, 9.17) is 4.74 Å². The van der Waals surface area contributed by atoms with Gasteiger partial charge in [0.15, 0.2) is 0 Å². The van der Waals surface area contributed by atoms with Crippen molar-refractivity contribution in [2.45, 2.75) is 6.92 Å². The predicted octanol–water partition coefficient (Wildman–Crippen LogP) is 0.270. The molecule has 1 aromatic heterocycles. The van der Waals surface area contributed by atoms with E-state index in [1.165, 1.54) is 6.20 Å². The Morgan fingerprint density at radius 3 is 3.11 bits per heavy atom. The molecule has 0 aliphatic carbocycles. The minimum absolute atomic E-state index is 0.521. The summed E-state index contributed by atoms with van der Waals surface area (Å²) in [7, 11) is 0. The Labute approximate surface area is 52.9 Å². The van der Waals surface area contributed by atoms with E-state index in [9.17, 15) is 0 Å². The summed E-state index contributed by atoms with van der Waals surface area (Å²) in [5, 5.41) is 10.4. The topological polar surface area (TPSA) is 47.9 Å². The van der Waals surface area contributed by atoms with Crippen LogP contribution in [-0.2, 0) is 0 Å². The van der Waals surface area contributed by atoms with Crippen LogP contribution >= 0.6 is 0 Å². The fourth-order valence-corrected chi connectivity index (χ4v) is 0.455. The molecule has 0 N–H and O–H groups in total. The summed E-state index contributed by atoms with van der Waals surface area (Å²) < 4.78 is 4.99. The van der Waals surface area contributed by atoms with Gasteiger partial charge in [0.25, 0.3) is 0 Å². The summed E-state index contributed by atoms with van der Waals surface area (Å²) in [6.07, 6.45) is 1.54. The molecule has 1 heterocycles. The number of aromatic nitrogens is 3. The van der Waals surface area contributed by atoms with Gasteiger partial charge in [-0.1, -0.05) is 5.10 Å². The van der Waals surface area contributed by atoms with Crippen molar-refractivity contribution in [3.8, 4) is 5.88 Å². The molecule has 0 fully saturated rings. The predicted molar refractivity (Wildman–Crippen MR) is 31.0 cm³/mol. The molecule has 0 saturated carbocycles. The molecule has 0 aliphatic heterocycles. The number of ether oxygens (including phenoxy) is 1. The first-order chi connectivity index (χ1) is 4.43. The molecule has 0 bridgehead atoms. The maximum Gasteiger partial charge on any atom is 0.236 e. The quantitative estimate of drug-likeness (QED) is 0.569. The molecule has 0 amide bonds. The highest BCUT2D eigenvalue weighted by atomic mass is 16.5. The standard InChI is InChI=1S/C5H7N3O/c1-2-9-5-3-4-6-8-7-5/h3-4H,2H2,1H3. The maximum atomic E-state index is 4.99. The Kier molecular flexibility index (Phi) is 1.95. The van der Waals surface area contributed by atoms with Gasteiger partial charge in [0, 0.05) is 6.07 Å². The van der Waals surface area contributed by atoms with Gasteiger partial charge in [-0.25, -0.2) is 0 Å². The third-order valence-electron chi connectivity index (χ3n) is 0.771. The van der Waals surface area contributed by atoms with Gasteiger partial charge in [0.2, 0.25) is 5.88 Å². The molecule has 1 rings (SSSR count). The third kappa shape index (κ3) is 1.64. The number of nitrogens with zero attached hydrogens (tertiary/aromatic N) is 3. The lowest BCUT2D eigenvalue weighted by Gasteiger charge is -1.95. The average molecular weight is 125 g/mol. The molecule has 0 atom stereocenters. The van der Waals surface area contributed by atoms with Crippen molar-refractivity contribution in [3.63, 3.8) is 0 Å². The van der Waals surface area contributed by atoms with E-state index >= 15 is 0 Å². The van der Waals surface area contributed by atoms with Crippen LogP contribution in [-0.4, -0.2) is 22.0 Å². The molecule has 0 spiro atoms. The fourth-order valence-electron chi connectivity index (χ4n) is 0.455. The Morgan fingerprint density at radius 1 is 1.67 bits per heavy atom. The molecule has 1 aromatic rings. The molecule has 4 nitrogen and oxygen atoms in total. The van der Waals surface area contributed by atoms with Crippen LogP contribution < -0.4 is 4.74 Å². The van der Waals surface area contributed by atoms with Crippen LogP contribution in [0.1, 0.15) is 6.92 Å². The largest absolute Gasteiger partial charge is 0.477 e. The molecular weight excluding hydrogens is 118 g/mol. The molecular formula is C5H7N3O. The molecule has 0 saturated heterocycles. The monoisotopic (exact) mass is 125 g/mol. The van der Waals surface area contributed by atoms with Crippen LogP contribution in [0, 0.1) is 0 Å². The van der Waals surface area contributed by atoms with Gasteiger partial charge < -0.3 is 4.74 Å². The van der Waals surface area contributed by atoms with Gasteiger partial charge in [-0.15, -0.1) is 5.10 Å². The third-order valence-corrected chi connectivity index (χ3v) is 0.771. The van der Waals surface area contributed by atoms with Crippen LogP contribution in [0.2, 0.25) is 0 Å². The first kappa shape index (κ1) is 5.94. The molecule has 0 aliphatic rings. The van der Waals surface area contributed by atoms with Gasteiger partial charge >= 0.3 is 0 Å². The van der Waals surface area contributed by atoms with Crippen LogP contribution in [0.15, 0.2) is 12.3 Å². The minimum Gasteiger partial charge on any atom is -0.477 e. The van der Waals surface area contributed by atoms with Gasteiger partial charge in [0.1, 0.15) is 0 Å². The van der Waals surface area contributed by atoms with Gasteiger partial charge in [0.05, 0.1) is 12.8 Å². The zero-order chi connectivity index (χ0) is 6.53. The minimum atomic E-state index is 0.521. The fraction of sp³-hybridized carbons (Fsp3) is 0.400. The van der Waals surface area contributed by atoms with Crippen LogP contribution in [0.4, 0.5) is 0 Å². The first-order valence-electron chi connectivity index (χ1n) is 2.70. The normalized spacial score (nSPS) is 9.00. The second-order valence-corrected chi connectivity index (χ2v) is 1.39. The second kappa shape index (κ2) is 2.96. The molecule has 48 valence electrons. The zero-order valence-corrected chi connectivity index (χ0v) is 5.11. The molecule has 0 unspecified atom stereocenters. The Bertz CT molecular complexity index is 165. The molecule has 0 radical (unpaired) electrons. The van der Waals surface area contributed by atoms with Crippen LogP contribution in [0.3, 0.4) is 0 Å². The number of hydrogen-bond donors (Lipinski definition) is 0. The van der Waals surface area contributed by atoms with E-state index in [2.05, 4.69) is 15.4 Å². The van der Waals surface area contributed by atoms with Gasteiger partial charge in [-0.2, -0.15) is 0 Å². The van der Waals surface area contributed by atoms with Crippen molar-refractivity contribution in [3.05, 3.63) is 12.3 Å². The van der Waals surface area contributed by atoms with E-state index in [1.54, 1.807) is 6.07 Å². The van der Waals surface area contributed by atoms with Crippen molar-refractivity contribution in [2.24, 2.45) is 0 Å². The zero-order valence-electron chi connectivity index (χ0n) is 5.11. The molecule has 0 aromatic carbocycles. The highest BCUT2D eigenvalue weighted by Gasteiger charge is 1.88. The van der Waals surface area contributed by atoms with Crippen molar-refractivity contribution in [1.29, 1.82) is 0 Å². The van der Waals surface area contributed by atoms with Crippen LogP contribution in [0.5, 0.6) is 5.88 Å². The van der Waals surface area contributed by atoms with Crippen molar-refractivity contribution in [2.75, 3.05) is 6.61 Å². The van der Waals surface area contributed by atoms with Gasteiger partial charge in [-0.05, 0) is 12.1 Å². The smallest absolute Gasteiger partial charge is 0.236 e. The van der Waals surface area contributed by atoms with E-state index in [-0.39, 0.29) is 0 Å². The summed E-state index contributed by atoms with van der Waals surface area (Å²) >= 11 is 0. The van der Waals surface area contributed by atoms with Crippen LogP contribution in [0.25, 0.3) is 0 Å². The van der Waals surface area contributed by atoms with Crippen molar-refractivity contribution in [1.82, 2.24) is 15.4 Å². The van der Waals surface area contributed by atoms with E-state index in [0.29, 0.717) is 12.5 Å². The number of rotatable bonds is 2.